The van der Waals surface area contributed by atoms with Crippen molar-refractivity contribution in [3.05, 3.63) is 63.9 Å². The molecule has 0 aliphatic heterocycles. The van der Waals surface area contributed by atoms with E-state index in [9.17, 15) is 4.39 Å². The number of fused-ring (bicyclic) bond motifs is 1. The molecule has 0 amide bonds. The van der Waals surface area contributed by atoms with E-state index in [1.165, 1.54) is 23.3 Å². The Hall–Kier alpha value is -1.39. The second kappa shape index (κ2) is 4.94. The number of rotatable bonds is 2. The summed E-state index contributed by atoms with van der Waals surface area (Å²) in [5, 5.41) is 3.37. The number of nitrogens with two attached hydrogens (primary N) is 1. The third-order valence-electron chi connectivity index (χ3n) is 3.52. The summed E-state index contributed by atoms with van der Waals surface area (Å²) >= 11 is 3.43. The lowest BCUT2D eigenvalue weighted by molar-refractivity contribution is 0.624. The molecule has 3 N–H and O–H groups in total. The van der Waals surface area contributed by atoms with Crippen LogP contribution in [0.1, 0.15) is 29.6 Å². The van der Waals surface area contributed by atoms with Crippen molar-refractivity contribution in [2.24, 2.45) is 5.73 Å². The van der Waals surface area contributed by atoms with Crippen LogP contribution in [0.15, 0.2) is 46.9 Å². The lowest BCUT2D eigenvalue weighted by atomic mass is 10.1. The number of anilines is 1. The minimum Gasteiger partial charge on any atom is -0.377 e. The van der Waals surface area contributed by atoms with E-state index in [0.717, 1.165) is 16.6 Å². The van der Waals surface area contributed by atoms with Crippen molar-refractivity contribution in [1.82, 2.24) is 0 Å². The van der Waals surface area contributed by atoms with Gasteiger partial charge in [0.25, 0.3) is 0 Å². The summed E-state index contributed by atoms with van der Waals surface area (Å²) in [7, 11) is 0. The minimum atomic E-state index is -0.249. The second-order valence-electron chi connectivity index (χ2n) is 4.79. The van der Waals surface area contributed by atoms with Crippen molar-refractivity contribution in [2.75, 3.05) is 5.32 Å². The zero-order valence-electron chi connectivity index (χ0n) is 10.2. The van der Waals surface area contributed by atoms with Crippen LogP contribution < -0.4 is 11.1 Å². The first kappa shape index (κ1) is 12.6. The van der Waals surface area contributed by atoms with Gasteiger partial charge in [0.15, 0.2) is 0 Å². The molecule has 0 saturated carbocycles. The van der Waals surface area contributed by atoms with Gasteiger partial charge in [-0.15, -0.1) is 0 Å². The maximum Gasteiger partial charge on any atom is 0.125 e. The molecule has 19 heavy (non-hydrogen) atoms. The van der Waals surface area contributed by atoms with E-state index in [0.29, 0.717) is 0 Å². The Morgan fingerprint density at radius 3 is 2.68 bits per heavy atom. The molecular weight excluding hydrogens is 307 g/mol. The molecule has 0 saturated heterocycles. The highest BCUT2D eigenvalue weighted by Gasteiger charge is 2.28. The fourth-order valence-corrected chi connectivity index (χ4v) is 2.97. The summed E-state index contributed by atoms with van der Waals surface area (Å²) < 4.78 is 14.2. The van der Waals surface area contributed by atoms with E-state index in [1.54, 1.807) is 6.07 Å². The molecule has 3 rings (SSSR count). The molecule has 2 unspecified atom stereocenters. The summed E-state index contributed by atoms with van der Waals surface area (Å²) in [4.78, 5) is 0. The molecule has 0 aromatic heterocycles. The van der Waals surface area contributed by atoms with E-state index in [1.807, 2.05) is 12.1 Å². The quantitative estimate of drug-likeness (QED) is 0.872. The highest BCUT2D eigenvalue weighted by molar-refractivity contribution is 9.10. The third-order valence-corrected chi connectivity index (χ3v) is 4.21. The van der Waals surface area contributed by atoms with Gasteiger partial charge in [-0.2, -0.15) is 0 Å². The highest BCUT2D eigenvalue weighted by Crippen LogP contribution is 2.40. The van der Waals surface area contributed by atoms with Crippen molar-refractivity contribution in [1.29, 1.82) is 0 Å². The number of hydrogen-bond acceptors (Lipinski definition) is 2. The van der Waals surface area contributed by atoms with Gasteiger partial charge >= 0.3 is 0 Å². The Bertz CT molecular complexity index is 615. The Morgan fingerprint density at radius 2 is 1.89 bits per heavy atom. The molecular formula is C15H14BrFN2. The molecule has 0 radical (unpaired) electrons. The summed E-state index contributed by atoms with van der Waals surface area (Å²) in [6.45, 7) is 0. The molecule has 2 aromatic carbocycles. The average Bonchev–Trinajstić information content (AvgIpc) is 2.72. The molecule has 2 atom stereocenters. The average molecular weight is 321 g/mol. The number of halogens is 2. The lowest BCUT2D eigenvalue weighted by Gasteiger charge is -2.17. The summed E-state index contributed by atoms with van der Waals surface area (Å²) in [5.74, 6) is -0.249. The molecule has 0 fully saturated rings. The van der Waals surface area contributed by atoms with Crippen molar-refractivity contribution in [3.8, 4) is 0 Å². The molecule has 4 heteroatoms. The van der Waals surface area contributed by atoms with E-state index in [4.69, 9.17) is 5.73 Å². The minimum absolute atomic E-state index is 0.0426. The molecule has 98 valence electrons. The molecule has 2 aromatic rings. The zero-order chi connectivity index (χ0) is 13.4. The standard InChI is InChI=1S/C15H14BrFN2/c16-12-6-5-9(17)7-15(12)19-14-8-13(18)10-3-1-2-4-11(10)14/h1-7,13-14,19H,8,18H2. The maximum atomic E-state index is 13.3. The van der Waals surface area contributed by atoms with Crippen LogP contribution in [-0.2, 0) is 0 Å². The van der Waals surface area contributed by atoms with Crippen molar-refractivity contribution < 1.29 is 4.39 Å². The van der Waals surface area contributed by atoms with Crippen LogP contribution >= 0.6 is 15.9 Å². The Labute approximate surface area is 120 Å². The number of benzene rings is 2. The van der Waals surface area contributed by atoms with Crippen LogP contribution in [-0.4, -0.2) is 0 Å². The van der Waals surface area contributed by atoms with Gasteiger partial charge in [0.2, 0.25) is 0 Å². The summed E-state index contributed by atoms with van der Waals surface area (Å²) in [5.41, 5.74) is 9.26. The maximum absolute atomic E-state index is 13.3. The lowest BCUT2D eigenvalue weighted by Crippen LogP contribution is -2.10. The van der Waals surface area contributed by atoms with E-state index in [2.05, 4.69) is 33.4 Å². The number of nitrogens with one attached hydrogen (secondary N) is 1. The smallest absolute Gasteiger partial charge is 0.125 e. The Balaban J connectivity index is 1.91. The van der Waals surface area contributed by atoms with E-state index < -0.39 is 0 Å². The summed E-state index contributed by atoms with van der Waals surface area (Å²) in [6, 6.07) is 12.9. The van der Waals surface area contributed by atoms with Crippen LogP contribution in [0.25, 0.3) is 0 Å². The predicted molar refractivity (Wildman–Crippen MR) is 78.5 cm³/mol. The fourth-order valence-electron chi connectivity index (χ4n) is 2.61. The largest absolute Gasteiger partial charge is 0.377 e. The highest BCUT2D eigenvalue weighted by atomic mass is 79.9. The van der Waals surface area contributed by atoms with E-state index >= 15 is 0 Å². The van der Waals surface area contributed by atoms with Gasteiger partial charge in [-0.05, 0) is 51.7 Å². The predicted octanol–water partition coefficient (Wildman–Crippen LogP) is 4.14. The van der Waals surface area contributed by atoms with Crippen LogP contribution in [0, 0.1) is 5.82 Å². The van der Waals surface area contributed by atoms with E-state index in [-0.39, 0.29) is 17.9 Å². The van der Waals surface area contributed by atoms with Crippen LogP contribution in [0.2, 0.25) is 0 Å². The first-order valence-corrected chi connectivity index (χ1v) is 7.00. The monoisotopic (exact) mass is 320 g/mol. The van der Waals surface area contributed by atoms with Gasteiger partial charge in [0.1, 0.15) is 5.82 Å². The fraction of sp³-hybridized carbons (Fsp3) is 0.200. The topological polar surface area (TPSA) is 38.0 Å². The first-order chi connectivity index (χ1) is 9.15. The first-order valence-electron chi connectivity index (χ1n) is 6.21. The van der Waals surface area contributed by atoms with Gasteiger partial charge in [-0.3, -0.25) is 0 Å². The number of hydrogen-bond donors (Lipinski definition) is 2. The molecule has 2 nitrogen and oxygen atoms in total. The van der Waals surface area contributed by atoms with Crippen LogP contribution in [0.5, 0.6) is 0 Å². The molecule has 1 aliphatic carbocycles. The molecule has 0 heterocycles. The Morgan fingerprint density at radius 1 is 1.16 bits per heavy atom. The van der Waals surface area contributed by atoms with Crippen molar-refractivity contribution >= 4 is 21.6 Å². The SMILES string of the molecule is NC1CC(Nc2cc(F)ccc2Br)c2ccccc21. The second-order valence-corrected chi connectivity index (χ2v) is 5.65. The molecule has 1 aliphatic rings. The van der Waals surface area contributed by atoms with Crippen molar-refractivity contribution in [3.63, 3.8) is 0 Å². The van der Waals surface area contributed by atoms with Crippen LogP contribution in [0.3, 0.4) is 0 Å². The summed E-state index contributed by atoms with van der Waals surface area (Å²) in [6.07, 6.45) is 0.822. The van der Waals surface area contributed by atoms with Crippen LogP contribution in [0.4, 0.5) is 10.1 Å². The zero-order valence-corrected chi connectivity index (χ0v) is 11.8. The van der Waals surface area contributed by atoms with Gasteiger partial charge < -0.3 is 11.1 Å². The Kier molecular flexibility index (Phi) is 3.29. The molecule has 0 spiro atoms. The van der Waals surface area contributed by atoms with Gasteiger partial charge in [0.05, 0.1) is 11.7 Å². The van der Waals surface area contributed by atoms with Gasteiger partial charge in [0, 0.05) is 10.5 Å². The van der Waals surface area contributed by atoms with Crippen molar-refractivity contribution in [2.45, 2.75) is 18.5 Å². The normalized spacial score (nSPS) is 21.2. The molecule has 0 bridgehead atoms. The third kappa shape index (κ3) is 2.38. The van der Waals surface area contributed by atoms with Gasteiger partial charge in [-0.1, -0.05) is 24.3 Å². The van der Waals surface area contributed by atoms with Gasteiger partial charge in [-0.25, -0.2) is 4.39 Å².